The van der Waals surface area contributed by atoms with E-state index in [1.807, 2.05) is 0 Å². The van der Waals surface area contributed by atoms with Crippen LogP contribution in [0.2, 0.25) is 0 Å². The summed E-state index contributed by atoms with van der Waals surface area (Å²) >= 11 is 0. The Bertz CT molecular complexity index is 177. The third-order valence-corrected chi connectivity index (χ3v) is 2.62. The van der Waals surface area contributed by atoms with Crippen LogP contribution in [0.4, 0.5) is 0 Å². The Morgan fingerprint density at radius 3 is 2.09 bits per heavy atom. The summed E-state index contributed by atoms with van der Waals surface area (Å²) in [4.78, 5) is 0. The molecule has 1 aliphatic rings. The second-order valence-electron chi connectivity index (χ2n) is 4.03. The molecule has 1 nitrogen and oxygen atoms in total. The fraction of sp³-hybridized carbons (Fsp3) is 0.800. The Labute approximate surface area is 69.7 Å². The molecule has 0 fully saturated rings. The van der Waals surface area contributed by atoms with Crippen molar-refractivity contribution in [1.82, 2.24) is 0 Å². The molecule has 0 heterocycles. The van der Waals surface area contributed by atoms with E-state index in [1.165, 1.54) is 12.0 Å². The molecule has 2 unspecified atom stereocenters. The maximum atomic E-state index is 5.86. The predicted molar refractivity (Wildman–Crippen MR) is 49.3 cm³/mol. The maximum absolute atomic E-state index is 5.86. The monoisotopic (exact) mass is 153 g/mol. The van der Waals surface area contributed by atoms with Gasteiger partial charge in [0, 0.05) is 6.04 Å². The Kier molecular flexibility index (Phi) is 2.38. The lowest BCUT2D eigenvalue weighted by Crippen LogP contribution is -2.32. The summed E-state index contributed by atoms with van der Waals surface area (Å²) in [6.07, 6.45) is 1.27. The molecule has 0 spiro atoms. The zero-order chi connectivity index (χ0) is 8.59. The molecule has 2 atom stereocenters. The summed E-state index contributed by atoms with van der Waals surface area (Å²) in [5.74, 6) is 1.44. The second-order valence-corrected chi connectivity index (χ2v) is 4.03. The highest BCUT2D eigenvalue weighted by molar-refractivity contribution is 5.32. The van der Waals surface area contributed by atoms with Crippen LogP contribution in [0.1, 0.15) is 34.1 Å². The van der Waals surface area contributed by atoms with Gasteiger partial charge in [0.1, 0.15) is 0 Å². The Balaban J connectivity index is 2.78. The van der Waals surface area contributed by atoms with E-state index in [9.17, 15) is 0 Å². The topological polar surface area (TPSA) is 26.0 Å². The van der Waals surface area contributed by atoms with Gasteiger partial charge in [-0.1, -0.05) is 31.9 Å². The van der Waals surface area contributed by atoms with E-state index in [1.54, 1.807) is 5.57 Å². The van der Waals surface area contributed by atoms with Crippen molar-refractivity contribution in [3.05, 3.63) is 11.1 Å². The van der Waals surface area contributed by atoms with Crippen molar-refractivity contribution in [2.75, 3.05) is 0 Å². The van der Waals surface area contributed by atoms with Crippen LogP contribution in [0.25, 0.3) is 0 Å². The van der Waals surface area contributed by atoms with Gasteiger partial charge in [0.2, 0.25) is 0 Å². The van der Waals surface area contributed by atoms with Crippen LogP contribution < -0.4 is 5.73 Å². The molecule has 0 bridgehead atoms. The maximum Gasteiger partial charge on any atom is 0.0230 e. The van der Waals surface area contributed by atoms with Crippen molar-refractivity contribution in [1.29, 1.82) is 0 Å². The van der Waals surface area contributed by atoms with Gasteiger partial charge in [0.25, 0.3) is 0 Å². The fourth-order valence-corrected chi connectivity index (χ4v) is 2.05. The standard InChI is InChI=1S/C10H19N/c1-6(2)9-5-7(3)10(9)8(4)11/h6-8H,5,11H2,1-4H3. The van der Waals surface area contributed by atoms with Gasteiger partial charge in [0.05, 0.1) is 0 Å². The SMILES string of the molecule is CC(C)C1=C(C(C)N)C(C)C1. The third kappa shape index (κ3) is 1.48. The molecule has 0 aromatic rings. The number of rotatable bonds is 2. The quantitative estimate of drug-likeness (QED) is 0.605. The van der Waals surface area contributed by atoms with Crippen molar-refractivity contribution < 1.29 is 0 Å². The zero-order valence-electron chi connectivity index (χ0n) is 8.02. The molecule has 11 heavy (non-hydrogen) atoms. The minimum absolute atomic E-state index is 0.274. The van der Waals surface area contributed by atoms with E-state index in [-0.39, 0.29) is 6.04 Å². The van der Waals surface area contributed by atoms with Crippen molar-refractivity contribution in [3.63, 3.8) is 0 Å². The number of nitrogens with two attached hydrogens (primary N) is 1. The van der Waals surface area contributed by atoms with E-state index >= 15 is 0 Å². The van der Waals surface area contributed by atoms with Gasteiger partial charge in [-0.05, 0) is 25.2 Å². The molecule has 0 radical (unpaired) electrons. The van der Waals surface area contributed by atoms with Gasteiger partial charge in [-0.15, -0.1) is 0 Å². The van der Waals surface area contributed by atoms with Gasteiger partial charge >= 0.3 is 0 Å². The lowest BCUT2D eigenvalue weighted by molar-refractivity contribution is 0.478. The molecule has 2 N–H and O–H groups in total. The van der Waals surface area contributed by atoms with Crippen molar-refractivity contribution in [3.8, 4) is 0 Å². The van der Waals surface area contributed by atoms with E-state index in [2.05, 4.69) is 27.7 Å². The average Bonchev–Trinajstić information content (AvgIpc) is 1.80. The smallest absolute Gasteiger partial charge is 0.0230 e. The third-order valence-electron chi connectivity index (χ3n) is 2.62. The van der Waals surface area contributed by atoms with Crippen molar-refractivity contribution in [2.24, 2.45) is 17.6 Å². The Morgan fingerprint density at radius 1 is 1.36 bits per heavy atom. The largest absolute Gasteiger partial charge is 0.324 e. The molecule has 0 aromatic carbocycles. The van der Waals surface area contributed by atoms with E-state index < -0.39 is 0 Å². The molecule has 0 saturated carbocycles. The summed E-state index contributed by atoms with van der Waals surface area (Å²) in [6, 6.07) is 0.274. The number of allylic oxidation sites excluding steroid dienone is 1. The molecule has 0 saturated heterocycles. The first kappa shape index (κ1) is 8.79. The first-order valence-corrected chi connectivity index (χ1v) is 4.52. The van der Waals surface area contributed by atoms with Crippen LogP contribution in [-0.2, 0) is 0 Å². The minimum atomic E-state index is 0.274. The summed E-state index contributed by atoms with van der Waals surface area (Å²) in [5.41, 5.74) is 8.98. The van der Waals surface area contributed by atoms with Crippen LogP contribution in [0.5, 0.6) is 0 Å². The van der Waals surface area contributed by atoms with Crippen LogP contribution in [0.3, 0.4) is 0 Å². The molecule has 1 heteroatoms. The highest BCUT2D eigenvalue weighted by atomic mass is 14.6. The molecule has 1 aliphatic carbocycles. The molecule has 1 rings (SSSR count). The number of hydrogen-bond acceptors (Lipinski definition) is 1. The molecule has 0 aliphatic heterocycles. The van der Waals surface area contributed by atoms with Gasteiger partial charge in [0.15, 0.2) is 0 Å². The van der Waals surface area contributed by atoms with Crippen LogP contribution in [0, 0.1) is 11.8 Å². The Morgan fingerprint density at radius 2 is 1.91 bits per heavy atom. The average molecular weight is 153 g/mol. The van der Waals surface area contributed by atoms with Gasteiger partial charge < -0.3 is 5.73 Å². The van der Waals surface area contributed by atoms with Crippen molar-refractivity contribution in [2.45, 2.75) is 40.2 Å². The zero-order valence-corrected chi connectivity index (χ0v) is 8.02. The predicted octanol–water partition coefficient (Wildman–Crippen LogP) is 2.33. The van der Waals surface area contributed by atoms with Crippen LogP contribution in [0.15, 0.2) is 11.1 Å². The minimum Gasteiger partial charge on any atom is -0.324 e. The fourth-order valence-electron chi connectivity index (χ4n) is 2.05. The van der Waals surface area contributed by atoms with Crippen molar-refractivity contribution >= 4 is 0 Å². The molecule has 0 amide bonds. The van der Waals surface area contributed by atoms with Gasteiger partial charge in [-0.3, -0.25) is 0 Å². The normalized spacial score (nSPS) is 27.3. The first-order chi connectivity index (χ1) is 5.04. The van der Waals surface area contributed by atoms with Gasteiger partial charge in [-0.25, -0.2) is 0 Å². The second kappa shape index (κ2) is 2.98. The van der Waals surface area contributed by atoms with Crippen LogP contribution in [-0.4, -0.2) is 6.04 Å². The summed E-state index contributed by atoms with van der Waals surface area (Å²) in [5, 5.41) is 0. The van der Waals surface area contributed by atoms with E-state index in [0.29, 0.717) is 5.92 Å². The highest BCUT2D eigenvalue weighted by Gasteiger charge is 2.28. The molecule has 64 valence electrons. The van der Waals surface area contributed by atoms with E-state index in [0.717, 1.165) is 5.92 Å². The molecular weight excluding hydrogens is 134 g/mol. The Hall–Kier alpha value is -0.300. The van der Waals surface area contributed by atoms with Crippen LogP contribution >= 0.6 is 0 Å². The first-order valence-electron chi connectivity index (χ1n) is 4.52. The molecule has 0 aromatic heterocycles. The lowest BCUT2D eigenvalue weighted by Gasteiger charge is -2.36. The summed E-state index contributed by atoms with van der Waals surface area (Å²) < 4.78 is 0. The molecular formula is C10H19N. The number of hydrogen-bond donors (Lipinski definition) is 1. The summed E-state index contributed by atoms with van der Waals surface area (Å²) in [6.45, 7) is 8.87. The summed E-state index contributed by atoms with van der Waals surface area (Å²) in [7, 11) is 0. The van der Waals surface area contributed by atoms with E-state index in [4.69, 9.17) is 5.73 Å². The highest BCUT2D eigenvalue weighted by Crippen LogP contribution is 2.39. The van der Waals surface area contributed by atoms with Gasteiger partial charge in [-0.2, -0.15) is 0 Å². The lowest BCUT2D eigenvalue weighted by atomic mass is 9.71.